The molecule has 0 aromatic heterocycles. The van der Waals surface area contributed by atoms with E-state index in [1.165, 1.54) is 50.8 Å². The Balaban J connectivity index is -0.0000000519. The molecule has 10 nitrogen and oxygen atoms in total. The van der Waals surface area contributed by atoms with E-state index in [0.717, 1.165) is 29.4 Å². The van der Waals surface area contributed by atoms with E-state index in [2.05, 4.69) is 53.9 Å². The van der Waals surface area contributed by atoms with Gasteiger partial charge in [0, 0.05) is 11.8 Å². The molecule has 0 saturated heterocycles. The second-order valence-corrected chi connectivity index (χ2v) is 12.2. The molecule has 0 unspecified atom stereocenters. The van der Waals surface area contributed by atoms with Crippen LogP contribution in [0.5, 0.6) is 5.75 Å². The van der Waals surface area contributed by atoms with Crippen LogP contribution in [-0.2, 0) is 19.7 Å². The molecule has 0 spiro atoms. The molecule has 61 heavy (non-hydrogen) atoms. The number of benzene rings is 3. The number of hydrogen-bond donors (Lipinski definition) is 3. The number of carbonyl (C=O) groups excluding carboxylic acids is 3. The molecule has 0 amide bonds. The van der Waals surface area contributed by atoms with Gasteiger partial charge in [0.25, 0.3) is 10.1 Å². The van der Waals surface area contributed by atoms with Crippen molar-refractivity contribution in [3.05, 3.63) is 101 Å². The maximum Gasteiger partial charge on any atom is 0.335 e. The van der Waals surface area contributed by atoms with E-state index < -0.39 is 16.1 Å². The first-order chi connectivity index (χ1) is 28.5. The summed E-state index contributed by atoms with van der Waals surface area (Å²) in [4.78, 5) is 38.7. The molecule has 0 saturated carbocycles. The maximum absolute atomic E-state index is 10.6. The molecular formula is C49H96NO9S2+. The van der Waals surface area contributed by atoms with Gasteiger partial charge in [-0.1, -0.05) is 177 Å². The summed E-state index contributed by atoms with van der Waals surface area (Å²) in [6.07, 6.45) is 6.37. The monoisotopic (exact) mass is 907 g/mol. The minimum Gasteiger partial charge on any atom is -0.478 e. The Morgan fingerprint density at radius 2 is 1.03 bits per heavy atom. The Morgan fingerprint density at radius 1 is 0.705 bits per heavy atom. The zero-order valence-electron chi connectivity index (χ0n) is 41.8. The zero-order chi connectivity index (χ0) is 49.8. The highest BCUT2D eigenvalue weighted by Gasteiger charge is 2.03. The van der Waals surface area contributed by atoms with Gasteiger partial charge >= 0.3 is 5.97 Å². The van der Waals surface area contributed by atoms with Crippen LogP contribution < -0.4 is 9.50 Å². The van der Waals surface area contributed by atoms with Crippen LogP contribution >= 0.6 is 12.0 Å². The summed E-state index contributed by atoms with van der Waals surface area (Å²) in [6, 6.07) is 24.1. The molecule has 12 heteroatoms. The molecule has 0 aliphatic carbocycles. The second kappa shape index (κ2) is 80.2. The molecule has 0 atom stereocenters. The normalized spacial score (nSPS) is 7.64. The van der Waals surface area contributed by atoms with Gasteiger partial charge in [-0.2, -0.15) is 8.42 Å². The number of carbonyl (C=O) groups is 4. The Kier molecular flexibility index (Phi) is 111. The van der Waals surface area contributed by atoms with Crippen molar-refractivity contribution in [3.8, 4) is 5.75 Å². The van der Waals surface area contributed by atoms with Gasteiger partial charge in [-0.15, -0.1) is 0 Å². The summed E-state index contributed by atoms with van der Waals surface area (Å²) in [5.74, 6) is 0.0410. The number of aldehydes is 2. The minimum absolute atomic E-state index is 0. The minimum atomic E-state index is -3.67. The van der Waals surface area contributed by atoms with Gasteiger partial charge in [-0.05, 0) is 71.7 Å². The quantitative estimate of drug-likeness (QED) is 0.0898. The lowest BCUT2D eigenvalue weighted by atomic mass is 10.1. The highest BCUT2D eigenvalue weighted by molar-refractivity contribution is 7.94. The number of rotatable bonds is 7. The molecule has 3 rings (SSSR count). The van der Waals surface area contributed by atoms with Gasteiger partial charge in [0.05, 0.1) is 37.0 Å². The van der Waals surface area contributed by atoms with Crippen LogP contribution in [0.2, 0.25) is 0 Å². The number of ketones is 1. The lowest BCUT2D eigenvalue weighted by Gasteiger charge is -1.99. The third kappa shape index (κ3) is 97.2. The van der Waals surface area contributed by atoms with Crippen molar-refractivity contribution in [2.24, 2.45) is 0 Å². The van der Waals surface area contributed by atoms with Crippen LogP contribution in [-0.4, -0.2) is 68.0 Å². The number of nitrogens with two attached hydrogens (primary N) is 1. The fourth-order valence-corrected chi connectivity index (χ4v) is 3.25. The average Bonchev–Trinajstić information content (AvgIpc) is 3.24. The van der Waals surface area contributed by atoms with Crippen molar-refractivity contribution >= 4 is 46.5 Å². The highest BCUT2D eigenvalue weighted by atomic mass is 32.2. The Morgan fingerprint density at radius 3 is 1.23 bits per heavy atom. The number of aryl methyl sites for hydroxylation is 2. The molecule has 0 heterocycles. The van der Waals surface area contributed by atoms with Crippen LogP contribution in [0.15, 0.2) is 78.9 Å². The predicted molar refractivity (Wildman–Crippen MR) is 273 cm³/mol. The van der Waals surface area contributed by atoms with Gasteiger partial charge in [0.2, 0.25) is 0 Å². The summed E-state index contributed by atoms with van der Waals surface area (Å²) in [5, 5.41) is 10.7. The first kappa shape index (κ1) is 84.6. The molecule has 0 radical (unpaired) electrons. The Bertz CT molecular complexity index is 1310. The molecule has 3 aromatic rings. The van der Waals surface area contributed by atoms with Crippen LogP contribution in [0.4, 0.5) is 0 Å². The average molecular weight is 907 g/mol. The van der Waals surface area contributed by atoms with Crippen molar-refractivity contribution in [1.29, 1.82) is 0 Å². The van der Waals surface area contributed by atoms with E-state index in [1.54, 1.807) is 39.0 Å². The first-order valence-electron chi connectivity index (χ1n) is 21.1. The van der Waals surface area contributed by atoms with Gasteiger partial charge in [-0.3, -0.25) is 9.35 Å². The van der Waals surface area contributed by atoms with E-state index >= 15 is 0 Å². The van der Waals surface area contributed by atoms with Crippen LogP contribution in [0, 0.1) is 13.8 Å². The predicted octanol–water partition coefficient (Wildman–Crippen LogP) is 13.7. The summed E-state index contributed by atoms with van der Waals surface area (Å²) < 4.78 is 32.7. The topological polar surface area (TPSA) is 169 Å². The molecule has 0 aliphatic heterocycles. The standard InChI is InChI=1S/C8H8O2.C8H10OS.C8H8O.C3H9N.C3H8O3S.2C3H8.2C2H4O.4C2H6.CH4/c1-6-4-2-3-5-7(6)8(9)10;1-7-3-5-8(6-4-7)9-10-2;1-7(9)8-5-3-2-4-6-8;1-3-4-2;1-2-3-7(4,5)6;2*1-3-2;2*1-2-3;4*1-2;/h2-5H,1H3,(H,9,10);3-6H,1-2H3;2-6H,1H3;4H,3H2,1-2H3;2-3H2,1H3,(H,4,5,6);2*3H2,1-2H3;2*2H,1H3;4*1-2H3;1H4/p+1. The van der Waals surface area contributed by atoms with Gasteiger partial charge < -0.3 is 24.2 Å². The van der Waals surface area contributed by atoms with Crippen molar-refractivity contribution in [3.63, 3.8) is 0 Å². The van der Waals surface area contributed by atoms with Gasteiger partial charge in [0.1, 0.15) is 18.3 Å². The van der Waals surface area contributed by atoms with Crippen molar-refractivity contribution < 1.29 is 46.8 Å². The molecule has 0 fully saturated rings. The van der Waals surface area contributed by atoms with Crippen molar-refractivity contribution in [2.75, 3.05) is 25.6 Å². The second-order valence-electron chi connectivity index (χ2n) is 10.1. The molecule has 0 aliphatic rings. The lowest BCUT2D eigenvalue weighted by Crippen LogP contribution is -2.78. The molecule has 3 aromatic carbocycles. The largest absolute Gasteiger partial charge is 0.478 e. The van der Waals surface area contributed by atoms with E-state index in [-0.39, 0.29) is 19.0 Å². The van der Waals surface area contributed by atoms with E-state index in [4.69, 9.17) is 23.4 Å². The highest BCUT2D eigenvalue weighted by Crippen LogP contribution is 2.14. The summed E-state index contributed by atoms with van der Waals surface area (Å²) in [7, 11) is -1.62. The van der Waals surface area contributed by atoms with E-state index in [0.29, 0.717) is 12.0 Å². The zero-order valence-corrected chi connectivity index (χ0v) is 43.5. The Labute approximate surface area is 382 Å². The van der Waals surface area contributed by atoms with Crippen LogP contribution in [0.1, 0.15) is 176 Å². The molecule has 0 bridgehead atoms. The SMILES string of the molecule is C.CC.CC.CC.CC.CC(=O)c1ccccc1.CC=O.CC=O.CCC.CCC.CCCS(=O)(=O)O.CC[NH2+]C.CSOc1ccc(C)cc1.Cc1ccccc1C(=O)O. The van der Waals surface area contributed by atoms with Crippen molar-refractivity contribution in [1.82, 2.24) is 0 Å². The fourth-order valence-electron chi connectivity index (χ4n) is 2.43. The number of Topliss-reactive ketones (excluding diaryl/α,β-unsaturated/α-hetero) is 1. The van der Waals surface area contributed by atoms with Crippen LogP contribution in [0.3, 0.4) is 0 Å². The van der Waals surface area contributed by atoms with Crippen molar-refractivity contribution in [2.45, 2.75) is 158 Å². The van der Waals surface area contributed by atoms with E-state index in [9.17, 15) is 18.0 Å². The smallest absolute Gasteiger partial charge is 0.335 e. The number of carboxylic acids is 1. The first-order valence-corrected chi connectivity index (χ1v) is 23.9. The summed E-state index contributed by atoms with van der Waals surface area (Å²) >= 11 is 1.36. The third-order valence-electron chi connectivity index (χ3n) is 4.63. The molecular weight excluding hydrogens is 811 g/mol. The number of aromatic carboxylic acids is 1. The van der Waals surface area contributed by atoms with Gasteiger partial charge in [0.15, 0.2) is 5.78 Å². The molecule has 362 valence electrons. The third-order valence-corrected chi connectivity index (χ3v) is 5.91. The maximum atomic E-state index is 10.6. The Hall–Kier alpha value is -3.84. The molecule has 4 N–H and O–H groups in total. The van der Waals surface area contributed by atoms with Crippen LogP contribution in [0.25, 0.3) is 0 Å². The number of carboxylic acid groups (broad SMARTS) is 1. The number of quaternary nitrogens is 1. The summed E-state index contributed by atoms with van der Waals surface area (Å²) in [5.41, 5.74) is 3.21. The fraction of sp³-hybridized carbons (Fsp3) is 0.551. The number of hydrogen-bond acceptors (Lipinski definition) is 8. The van der Waals surface area contributed by atoms with E-state index in [1.807, 2.05) is 122 Å². The van der Waals surface area contributed by atoms with Gasteiger partial charge in [-0.25, -0.2) is 4.79 Å². The lowest BCUT2D eigenvalue weighted by molar-refractivity contribution is -0.623. The summed E-state index contributed by atoms with van der Waals surface area (Å²) in [6.45, 7) is 37.8.